The molecule has 0 bridgehead atoms. The van der Waals surface area contributed by atoms with Crippen molar-refractivity contribution in [1.29, 1.82) is 0 Å². The van der Waals surface area contributed by atoms with E-state index in [-0.39, 0.29) is 5.69 Å². The minimum atomic E-state index is -4.37. The molecule has 21 heavy (non-hydrogen) atoms. The standard InChI is InChI=1S/C14H21F3N2O2/c1-20-8-9-21-7-3-2-6-19-13-5-4-11(10-12(13)18)14(15,16)17/h4-5,10,19H,2-3,6-9,18H2,1H3. The Hall–Kier alpha value is -1.47. The summed E-state index contributed by atoms with van der Waals surface area (Å²) in [5.74, 6) is 0. The van der Waals surface area contributed by atoms with Crippen molar-refractivity contribution in [3.05, 3.63) is 23.8 Å². The smallest absolute Gasteiger partial charge is 0.397 e. The van der Waals surface area contributed by atoms with Crippen LogP contribution in [0.3, 0.4) is 0 Å². The maximum absolute atomic E-state index is 12.5. The fourth-order valence-electron chi connectivity index (χ4n) is 1.70. The molecule has 120 valence electrons. The van der Waals surface area contributed by atoms with Gasteiger partial charge in [-0.2, -0.15) is 13.2 Å². The number of hydrogen-bond donors (Lipinski definition) is 2. The van der Waals surface area contributed by atoms with Gasteiger partial charge in [0.1, 0.15) is 0 Å². The van der Waals surface area contributed by atoms with Crippen molar-refractivity contribution in [2.24, 2.45) is 0 Å². The number of ether oxygens (including phenoxy) is 2. The molecule has 0 unspecified atom stereocenters. The first kappa shape index (κ1) is 17.6. The zero-order valence-electron chi connectivity index (χ0n) is 12.0. The third-order valence-corrected chi connectivity index (χ3v) is 2.84. The summed E-state index contributed by atoms with van der Waals surface area (Å²) in [4.78, 5) is 0. The maximum Gasteiger partial charge on any atom is 0.416 e. The fraction of sp³-hybridized carbons (Fsp3) is 0.571. The van der Waals surface area contributed by atoms with Crippen molar-refractivity contribution in [3.63, 3.8) is 0 Å². The molecule has 0 aromatic heterocycles. The molecule has 7 heteroatoms. The highest BCUT2D eigenvalue weighted by molar-refractivity contribution is 5.67. The van der Waals surface area contributed by atoms with E-state index in [0.717, 1.165) is 25.0 Å². The van der Waals surface area contributed by atoms with Crippen LogP contribution in [0.5, 0.6) is 0 Å². The molecule has 0 fully saturated rings. The summed E-state index contributed by atoms with van der Waals surface area (Å²) in [7, 11) is 1.61. The molecule has 0 aliphatic carbocycles. The number of methoxy groups -OCH3 is 1. The molecule has 0 atom stereocenters. The first-order valence-corrected chi connectivity index (χ1v) is 6.72. The van der Waals surface area contributed by atoms with Gasteiger partial charge < -0.3 is 20.5 Å². The number of halogens is 3. The Morgan fingerprint density at radius 2 is 1.90 bits per heavy atom. The molecule has 1 aromatic rings. The summed E-state index contributed by atoms with van der Waals surface area (Å²) in [6.45, 7) is 2.40. The lowest BCUT2D eigenvalue weighted by molar-refractivity contribution is -0.137. The Labute approximate surface area is 122 Å². The summed E-state index contributed by atoms with van der Waals surface area (Å²) < 4.78 is 47.6. The summed E-state index contributed by atoms with van der Waals surface area (Å²) in [5, 5.41) is 3.02. The number of nitrogen functional groups attached to an aromatic ring is 1. The van der Waals surface area contributed by atoms with E-state index in [1.54, 1.807) is 7.11 Å². The highest BCUT2D eigenvalue weighted by atomic mass is 19.4. The molecule has 0 aliphatic heterocycles. The number of unbranched alkanes of at least 4 members (excludes halogenated alkanes) is 1. The average molecular weight is 306 g/mol. The van der Waals surface area contributed by atoms with Gasteiger partial charge in [-0.25, -0.2) is 0 Å². The predicted molar refractivity (Wildman–Crippen MR) is 76.3 cm³/mol. The van der Waals surface area contributed by atoms with E-state index in [2.05, 4.69) is 5.32 Å². The molecule has 3 N–H and O–H groups in total. The van der Waals surface area contributed by atoms with Gasteiger partial charge >= 0.3 is 6.18 Å². The van der Waals surface area contributed by atoms with Gasteiger partial charge in [0.2, 0.25) is 0 Å². The summed E-state index contributed by atoms with van der Waals surface area (Å²) >= 11 is 0. The molecule has 0 amide bonds. The number of hydrogen-bond acceptors (Lipinski definition) is 4. The van der Waals surface area contributed by atoms with Crippen LogP contribution < -0.4 is 11.1 Å². The van der Waals surface area contributed by atoms with Crippen molar-refractivity contribution < 1.29 is 22.6 Å². The molecule has 0 aliphatic rings. The first-order chi connectivity index (χ1) is 9.95. The van der Waals surface area contributed by atoms with Gasteiger partial charge in [0.05, 0.1) is 30.2 Å². The van der Waals surface area contributed by atoms with Crippen LogP contribution >= 0.6 is 0 Å². The van der Waals surface area contributed by atoms with Crippen LogP contribution in [-0.4, -0.2) is 33.5 Å². The van der Waals surface area contributed by atoms with E-state index < -0.39 is 11.7 Å². The predicted octanol–water partition coefficient (Wildman–Crippen LogP) is 3.14. The molecule has 1 rings (SSSR count). The molecule has 0 spiro atoms. The van der Waals surface area contributed by atoms with Crippen LogP contribution in [0.15, 0.2) is 18.2 Å². The van der Waals surface area contributed by atoms with Gasteiger partial charge in [-0.1, -0.05) is 0 Å². The summed E-state index contributed by atoms with van der Waals surface area (Å²) in [5.41, 5.74) is 5.49. The molecular formula is C14H21F3N2O2. The van der Waals surface area contributed by atoms with E-state index in [1.807, 2.05) is 0 Å². The van der Waals surface area contributed by atoms with Gasteiger partial charge in [0, 0.05) is 20.3 Å². The molecule has 0 heterocycles. The normalized spacial score (nSPS) is 11.6. The minimum Gasteiger partial charge on any atom is -0.397 e. The van der Waals surface area contributed by atoms with Crippen molar-refractivity contribution in [2.45, 2.75) is 19.0 Å². The second-order valence-corrected chi connectivity index (χ2v) is 4.54. The van der Waals surface area contributed by atoms with Crippen molar-refractivity contribution in [3.8, 4) is 0 Å². The van der Waals surface area contributed by atoms with Gasteiger partial charge in [0.25, 0.3) is 0 Å². The minimum absolute atomic E-state index is 0.0983. The Morgan fingerprint density at radius 1 is 1.14 bits per heavy atom. The molecule has 1 aromatic carbocycles. The Morgan fingerprint density at radius 3 is 2.52 bits per heavy atom. The number of rotatable bonds is 9. The third-order valence-electron chi connectivity index (χ3n) is 2.84. The summed E-state index contributed by atoms with van der Waals surface area (Å²) in [6, 6.07) is 3.32. The Bertz CT molecular complexity index is 425. The maximum atomic E-state index is 12.5. The molecule has 0 saturated heterocycles. The number of nitrogens with one attached hydrogen (secondary N) is 1. The number of alkyl halides is 3. The first-order valence-electron chi connectivity index (χ1n) is 6.72. The monoisotopic (exact) mass is 306 g/mol. The number of anilines is 2. The highest BCUT2D eigenvalue weighted by Crippen LogP contribution is 2.32. The van der Waals surface area contributed by atoms with E-state index >= 15 is 0 Å². The molecular weight excluding hydrogens is 285 g/mol. The Kier molecular flexibility index (Phi) is 7.31. The highest BCUT2D eigenvalue weighted by Gasteiger charge is 2.30. The average Bonchev–Trinajstić information content (AvgIpc) is 2.42. The van der Waals surface area contributed by atoms with Crippen LogP contribution in [0.1, 0.15) is 18.4 Å². The molecule has 0 radical (unpaired) electrons. The van der Waals surface area contributed by atoms with Gasteiger partial charge in [-0.15, -0.1) is 0 Å². The van der Waals surface area contributed by atoms with Gasteiger partial charge in [0.15, 0.2) is 0 Å². The van der Waals surface area contributed by atoms with Crippen LogP contribution in [-0.2, 0) is 15.7 Å². The van der Waals surface area contributed by atoms with Crippen LogP contribution in [0, 0.1) is 0 Å². The van der Waals surface area contributed by atoms with Crippen LogP contribution in [0.2, 0.25) is 0 Å². The lowest BCUT2D eigenvalue weighted by atomic mass is 10.1. The largest absolute Gasteiger partial charge is 0.416 e. The second kappa shape index (κ2) is 8.74. The van der Waals surface area contributed by atoms with E-state index in [4.69, 9.17) is 15.2 Å². The van der Waals surface area contributed by atoms with Crippen LogP contribution in [0.4, 0.5) is 24.5 Å². The van der Waals surface area contributed by atoms with Crippen molar-refractivity contribution in [1.82, 2.24) is 0 Å². The lowest BCUT2D eigenvalue weighted by Gasteiger charge is -2.12. The van der Waals surface area contributed by atoms with Gasteiger partial charge in [-0.3, -0.25) is 0 Å². The zero-order valence-corrected chi connectivity index (χ0v) is 12.0. The summed E-state index contributed by atoms with van der Waals surface area (Å²) in [6.07, 6.45) is -2.67. The Balaban J connectivity index is 2.27. The lowest BCUT2D eigenvalue weighted by Crippen LogP contribution is -2.09. The fourth-order valence-corrected chi connectivity index (χ4v) is 1.70. The second-order valence-electron chi connectivity index (χ2n) is 4.54. The number of nitrogens with two attached hydrogens (primary N) is 1. The van der Waals surface area contributed by atoms with E-state index in [9.17, 15) is 13.2 Å². The third kappa shape index (κ3) is 6.68. The van der Waals surface area contributed by atoms with Gasteiger partial charge in [-0.05, 0) is 31.0 Å². The van der Waals surface area contributed by atoms with Crippen LogP contribution in [0.25, 0.3) is 0 Å². The topological polar surface area (TPSA) is 56.5 Å². The van der Waals surface area contributed by atoms with Crippen molar-refractivity contribution in [2.75, 3.05) is 44.5 Å². The van der Waals surface area contributed by atoms with E-state index in [0.29, 0.717) is 32.1 Å². The zero-order chi connectivity index (χ0) is 15.7. The molecule has 4 nitrogen and oxygen atoms in total. The van der Waals surface area contributed by atoms with E-state index in [1.165, 1.54) is 6.07 Å². The molecule has 0 saturated carbocycles. The number of benzene rings is 1. The quantitative estimate of drug-likeness (QED) is 0.543. The van der Waals surface area contributed by atoms with Crippen molar-refractivity contribution >= 4 is 11.4 Å². The SMILES string of the molecule is COCCOCCCCNc1ccc(C(F)(F)F)cc1N.